The van der Waals surface area contributed by atoms with Crippen molar-refractivity contribution < 1.29 is 0 Å². The summed E-state index contributed by atoms with van der Waals surface area (Å²) in [5.41, 5.74) is 1.97. The minimum Gasteiger partial charge on any atom is -0.310 e. The summed E-state index contributed by atoms with van der Waals surface area (Å²) >= 11 is 1.74. The molecule has 0 fully saturated rings. The number of nitrogens with one attached hydrogen (secondary N) is 1. The number of fused-ring (bicyclic) bond motifs is 1. The Morgan fingerprint density at radius 1 is 1.60 bits per heavy atom. The van der Waals surface area contributed by atoms with E-state index in [0.717, 1.165) is 17.1 Å². The van der Waals surface area contributed by atoms with Gasteiger partial charge in [0.2, 0.25) is 0 Å². The van der Waals surface area contributed by atoms with E-state index >= 15 is 0 Å². The molecule has 4 heteroatoms. The molecule has 0 aromatic carbocycles. The van der Waals surface area contributed by atoms with E-state index in [2.05, 4.69) is 30.7 Å². The van der Waals surface area contributed by atoms with Crippen LogP contribution in [0.3, 0.4) is 0 Å². The molecular formula is C11H16N2OS. The van der Waals surface area contributed by atoms with Crippen LogP contribution in [0.15, 0.2) is 9.82 Å². The quantitative estimate of drug-likeness (QED) is 0.745. The van der Waals surface area contributed by atoms with Gasteiger partial charge in [-0.2, -0.15) is 4.98 Å². The highest BCUT2D eigenvalue weighted by Gasteiger charge is 2.41. The molecule has 15 heavy (non-hydrogen) atoms. The highest BCUT2D eigenvalue weighted by atomic mass is 32.2. The van der Waals surface area contributed by atoms with Crippen LogP contribution < -0.4 is 5.69 Å². The summed E-state index contributed by atoms with van der Waals surface area (Å²) in [6.45, 7) is 8.61. The van der Waals surface area contributed by atoms with Crippen LogP contribution in [0.25, 0.3) is 0 Å². The molecule has 0 saturated carbocycles. The number of hydrogen-bond donors (Lipinski definition) is 1. The Labute approximate surface area is 93.7 Å². The molecule has 1 aliphatic rings. The van der Waals surface area contributed by atoms with E-state index in [4.69, 9.17) is 0 Å². The molecule has 2 atom stereocenters. The van der Waals surface area contributed by atoms with Gasteiger partial charge in [0, 0.05) is 21.9 Å². The molecule has 1 aromatic rings. The number of aryl methyl sites for hydroxylation is 1. The lowest BCUT2D eigenvalue weighted by atomic mass is 9.87. The van der Waals surface area contributed by atoms with Crippen molar-refractivity contribution in [2.24, 2.45) is 0 Å². The van der Waals surface area contributed by atoms with Crippen LogP contribution in [-0.4, -0.2) is 14.7 Å². The Kier molecular flexibility index (Phi) is 2.41. The van der Waals surface area contributed by atoms with E-state index in [1.807, 2.05) is 6.92 Å². The van der Waals surface area contributed by atoms with E-state index in [1.54, 1.807) is 11.8 Å². The molecule has 0 radical (unpaired) electrons. The average molecular weight is 224 g/mol. The van der Waals surface area contributed by atoms with Gasteiger partial charge in [0.15, 0.2) is 0 Å². The van der Waals surface area contributed by atoms with Crippen LogP contribution in [0.4, 0.5) is 0 Å². The van der Waals surface area contributed by atoms with E-state index in [1.165, 1.54) is 5.56 Å². The zero-order valence-electron chi connectivity index (χ0n) is 9.55. The van der Waals surface area contributed by atoms with Crippen molar-refractivity contribution in [3.63, 3.8) is 0 Å². The summed E-state index contributed by atoms with van der Waals surface area (Å²) in [7, 11) is 0. The van der Waals surface area contributed by atoms with Gasteiger partial charge in [-0.1, -0.05) is 25.6 Å². The van der Waals surface area contributed by atoms with E-state index < -0.39 is 0 Å². The lowest BCUT2D eigenvalue weighted by Crippen LogP contribution is -2.22. The number of thioether (sulfide) groups is 1. The van der Waals surface area contributed by atoms with Gasteiger partial charge in [0.05, 0.1) is 0 Å². The fourth-order valence-electron chi connectivity index (χ4n) is 2.15. The standard InChI is InChI=1S/C11H16N2OS/c1-5-11(4)6(2)8-7(3)12-10(14)13-9(8)15-11/h6H,5H2,1-4H3,(H,12,13,14). The topological polar surface area (TPSA) is 45.8 Å². The van der Waals surface area contributed by atoms with Crippen molar-refractivity contribution in [3.05, 3.63) is 21.7 Å². The first-order chi connectivity index (χ1) is 6.98. The van der Waals surface area contributed by atoms with Crippen molar-refractivity contribution in [3.8, 4) is 0 Å². The second kappa shape index (κ2) is 3.37. The fraction of sp³-hybridized carbons (Fsp3) is 0.636. The second-order valence-corrected chi connectivity index (χ2v) is 5.90. The monoisotopic (exact) mass is 224 g/mol. The third-order valence-electron chi connectivity index (χ3n) is 3.51. The lowest BCUT2D eigenvalue weighted by molar-refractivity contribution is 0.530. The summed E-state index contributed by atoms with van der Waals surface area (Å²) in [4.78, 5) is 18.1. The molecule has 0 aliphatic carbocycles. The Bertz CT molecular complexity index is 454. The molecule has 1 N–H and O–H groups in total. The minimum atomic E-state index is -0.230. The molecule has 0 spiro atoms. The van der Waals surface area contributed by atoms with Gasteiger partial charge in [-0.15, -0.1) is 0 Å². The summed E-state index contributed by atoms with van der Waals surface area (Å²) in [5, 5.41) is 0.924. The molecule has 0 bridgehead atoms. The Morgan fingerprint density at radius 2 is 2.27 bits per heavy atom. The summed E-state index contributed by atoms with van der Waals surface area (Å²) < 4.78 is 0.182. The summed E-state index contributed by atoms with van der Waals surface area (Å²) in [6, 6.07) is 0. The molecule has 2 heterocycles. The molecule has 2 unspecified atom stereocenters. The van der Waals surface area contributed by atoms with Crippen LogP contribution in [0.2, 0.25) is 0 Å². The second-order valence-electron chi connectivity index (χ2n) is 4.38. The Balaban J connectivity index is 2.59. The van der Waals surface area contributed by atoms with E-state index in [9.17, 15) is 4.79 Å². The highest BCUT2D eigenvalue weighted by molar-refractivity contribution is 8.01. The summed E-state index contributed by atoms with van der Waals surface area (Å²) in [5.74, 6) is 0.451. The van der Waals surface area contributed by atoms with Crippen LogP contribution >= 0.6 is 11.8 Å². The maximum atomic E-state index is 11.3. The van der Waals surface area contributed by atoms with Crippen LogP contribution in [0, 0.1) is 6.92 Å². The third-order valence-corrected chi connectivity index (χ3v) is 5.13. The zero-order chi connectivity index (χ0) is 11.2. The molecule has 0 amide bonds. The zero-order valence-corrected chi connectivity index (χ0v) is 10.4. The van der Waals surface area contributed by atoms with Gasteiger partial charge in [0.1, 0.15) is 5.03 Å². The largest absolute Gasteiger partial charge is 0.346 e. The number of aromatic amines is 1. The first-order valence-corrected chi connectivity index (χ1v) is 6.09. The molecule has 2 rings (SSSR count). The predicted octanol–water partition coefficient (Wildman–Crippen LogP) is 2.46. The molecule has 1 aliphatic heterocycles. The molecule has 82 valence electrons. The lowest BCUT2D eigenvalue weighted by Gasteiger charge is -2.26. The van der Waals surface area contributed by atoms with Crippen molar-refractivity contribution in [2.45, 2.75) is 49.8 Å². The smallest absolute Gasteiger partial charge is 0.310 e. The number of nitrogens with zero attached hydrogens (tertiary/aromatic N) is 1. The Morgan fingerprint density at radius 3 is 2.87 bits per heavy atom. The van der Waals surface area contributed by atoms with Crippen LogP contribution in [-0.2, 0) is 0 Å². The highest BCUT2D eigenvalue weighted by Crippen LogP contribution is 2.53. The molecular weight excluding hydrogens is 208 g/mol. The maximum absolute atomic E-state index is 11.3. The van der Waals surface area contributed by atoms with Crippen LogP contribution in [0.1, 0.15) is 44.4 Å². The predicted molar refractivity (Wildman–Crippen MR) is 62.6 cm³/mol. The third kappa shape index (κ3) is 1.51. The van der Waals surface area contributed by atoms with Crippen molar-refractivity contribution in [1.29, 1.82) is 0 Å². The van der Waals surface area contributed by atoms with Gasteiger partial charge in [-0.05, 0) is 20.3 Å². The fourth-order valence-corrected chi connectivity index (χ4v) is 3.60. The SMILES string of the molecule is CCC1(C)Sc2nc(=O)[nH]c(C)c2C1C. The van der Waals surface area contributed by atoms with Crippen molar-refractivity contribution >= 4 is 11.8 Å². The first-order valence-electron chi connectivity index (χ1n) is 5.27. The number of hydrogen-bond acceptors (Lipinski definition) is 3. The maximum Gasteiger partial charge on any atom is 0.346 e. The van der Waals surface area contributed by atoms with Gasteiger partial charge in [-0.25, -0.2) is 4.79 Å². The van der Waals surface area contributed by atoms with Gasteiger partial charge in [0.25, 0.3) is 0 Å². The Hall–Kier alpha value is -0.770. The first kappa shape index (κ1) is 10.7. The molecule has 3 nitrogen and oxygen atoms in total. The van der Waals surface area contributed by atoms with Crippen LogP contribution in [0.5, 0.6) is 0 Å². The minimum absolute atomic E-state index is 0.182. The summed E-state index contributed by atoms with van der Waals surface area (Å²) in [6.07, 6.45) is 1.09. The van der Waals surface area contributed by atoms with Crippen molar-refractivity contribution in [1.82, 2.24) is 9.97 Å². The van der Waals surface area contributed by atoms with Gasteiger partial charge >= 0.3 is 5.69 Å². The number of rotatable bonds is 1. The number of H-pyrrole nitrogens is 1. The molecule has 1 aromatic heterocycles. The normalized spacial score (nSPS) is 29.2. The average Bonchev–Trinajstić information content (AvgIpc) is 2.39. The van der Waals surface area contributed by atoms with E-state index in [-0.39, 0.29) is 10.4 Å². The van der Waals surface area contributed by atoms with Crippen molar-refractivity contribution in [2.75, 3.05) is 0 Å². The van der Waals surface area contributed by atoms with Gasteiger partial charge < -0.3 is 4.98 Å². The molecule has 0 saturated heterocycles. The van der Waals surface area contributed by atoms with Gasteiger partial charge in [-0.3, -0.25) is 0 Å². The number of aromatic nitrogens is 2. The van der Waals surface area contributed by atoms with E-state index in [0.29, 0.717) is 5.92 Å².